The molecule has 1 aromatic rings. The molecule has 0 heterocycles. The summed E-state index contributed by atoms with van der Waals surface area (Å²) in [5.41, 5.74) is 0.244. The molecular formula is C14H20BrNO3. The van der Waals surface area contributed by atoms with Gasteiger partial charge in [-0.2, -0.15) is 0 Å². The van der Waals surface area contributed by atoms with E-state index in [2.05, 4.69) is 28.2 Å². The minimum absolute atomic E-state index is 0.115. The van der Waals surface area contributed by atoms with Gasteiger partial charge < -0.3 is 15.2 Å². The molecule has 0 aliphatic rings. The summed E-state index contributed by atoms with van der Waals surface area (Å²) in [5.74, 6) is 0.358. The zero-order chi connectivity index (χ0) is 14.3. The van der Waals surface area contributed by atoms with Crippen LogP contribution in [0.2, 0.25) is 0 Å². The van der Waals surface area contributed by atoms with Gasteiger partial charge in [0.2, 0.25) is 0 Å². The van der Waals surface area contributed by atoms with Gasteiger partial charge in [0.25, 0.3) is 5.91 Å². The first-order valence-corrected chi connectivity index (χ1v) is 7.46. The molecule has 0 aliphatic carbocycles. The van der Waals surface area contributed by atoms with Crippen LogP contribution in [0.3, 0.4) is 0 Å². The highest BCUT2D eigenvalue weighted by molar-refractivity contribution is 9.09. The van der Waals surface area contributed by atoms with E-state index in [-0.39, 0.29) is 17.2 Å². The van der Waals surface area contributed by atoms with E-state index >= 15 is 0 Å². The maximum Gasteiger partial charge on any atom is 0.255 e. The van der Waals surface area contributed by atoms with E-state index in [4.69, 9.17) is 4.74 Å². The molecule has 5 heteroatoms. The molecule has 1 aromatic carbocycles. The highest BCUT2D eigenvalue weighted by Crippen LogP contribution is 2.29. The summed E-state index contributed by atoms with van der Waals surface area (Å²) in [5, 5.41) is 13.7. The van der Waals surface area contributed by atoms with Gasteiger partial charge in [-0.15, -0.1) is 0 Å². The number of para-hydroxylation sites is 1. The third-order valence-corrected chi connectivity index (χ3v) is 3.57. The number of carbonyl (C=O) groups is 1. The number of methoxy groups -OCH3 is 1. The van der Waals surface area contributed by atoms with Crippen LogP contribution in [-0.4, -0.2) is 30.0 Å². The van der Waals surface area contributed by atoms with Crippen LogP contribution >= 0.6 is 15.9 Å². The molecule has 4 nitrogen and oxygen atoms in total. The van der Waals surface area contributed by atoms with Crippen LogP contribution in [0.1, 0.15) is 30.1 Å². The monoisotopic (exact) mass is 329 g/mol. The molecule has 2 N–H and O–H groups in total. The first-order chi connectivity index (χ1) is 9.13. The largest absolute Gasteiger partial charge is 0.504 e. The van der Waals surface area contributed by atoms with E-state index in [9.17, 15) is 9.90 Å². The summed E-state index contributed by atoms with van der Waals surface area (Å²) < 4.78 is 4.98. The van der Waals surface area contributed by atoms with Crippen molar-refractivity contribution in [3.05, 3.63) is 23.8 Å². The second-order valence-electron chi connectivity index (χ2n) is 4.32. The molecule has 1 rings (SSSR count). The number of ether oxygens (including phenoxy) is 1. The van der Waals surface area contributed by atoms with Gasteiger partial charge in [-0.25, -0.2) is 0 Å². The van der Waals surface area contributed by atoms with Crippen LogP contribution in [0.25, 0.3) is 0 Å². The van der Waals surface area contributed by atoms with Crippen LogP contribution in [0.5, 0.6) is 11.5 Å². The standard InChI is InChI=1S/C14H20BrNO3/c1-3-10(7-8-15)9-16-14(18)11-5-4-6-12(19-2)13(11)17/h4-6,10,17H,3,7-9H2,1-2H3,(H,16,18). The smallest absolute Gasteiger partial charge is 0.255 e. The van der Waals surface area contributed by atoms with E-state index in [1.165, 1.54) is 7.11 Å². The average Bonchev–Trinajstić information content (AvgIpc) is 2.43. The highest BCUT2D eigenvalue weighted by atomic mass is 79.9. The van der Waals surface area contributed by atoms with Gasteiger partial charge in [0, 0.05) is 11.9 Å². The number of nitrogens with one attached hydrogen (secondary N) is 1. The van der Waals surface area contributed by atoms with Crippen LogP contribution in [0, 0.1) is 5.92 Å². The molecule has 1 atom stereocenters. The summed E-state index contributed by atoms with van der Waals surface area (Å²) in [6, 6.07) is 4.88. The van der Waals surface area contributed by atoms with Gasteiger partial charge in [-0.3, -0.25) is 4.79 Å². The van der Waals surface area contributed by atoms with Crippen LogP contribution < -0.4 is 10.1 Å². The molecule has 0 radical (unpaired) electrons. The number of carbonyl (C=O) groups excluding carboxylic acids is 1. The zero-order valence-corrected chi connectivity index (χ0v) is 12.9. The van der Waals surface area contributed by atoms with Gasteiger partial charge in [-0.05, 0) is 24.5 Å². The van der Waals surface area contributed by atoms with Crippen molar-refractivity contribution in [2.75, 3.05) is 19.0 Å². The number of hydrogen-bond donors (Lipinski definition) is 2. The predicted octanol–water partition coefficient (Wildman–Crippen LogP) is 2.94. The summed E-state index contributed by atoms with van der Waals surface area (Å²) in [7, 11) is 1.46. The fraction of sp³-hybridized carbons (Fsp3) is 0.500. The number of phenolic OH excluding ortho intramolecular Hbond substituents is 1. The summed E-state index contributed by atoms with van der Waals surface area (Å²) in [6.45, 7) is 2.71. The fourth-order valence-electron chi connectivity index (χ4n) is 1.81. The molecule has 106 valence electrons. The number of amides is 1. The number of alkyl halides is 1. The van der Waals surface area contributed by atoms with E-state index in [0.29, 0.717) is 18.2 Å². The molecule has 0 bridgehead atoms. The third-order valence-electron chi connectivity index (χ3n) is 3.11. The average molecular weight is 330 g/mol. The van der Waals surface area contributed by atoms with Gasteiger partial charge in [0.1, 0.15) is 0 Å². The number of rotatable bonds is 7. The maximum absolute atomic E-state index is 12.0. The second-order valence-corrected chi connectivity index (χ2v) is 5.11. The maximum atomic E-state index is 12.0. The summed E-state index contributed by atoms with van der Waals surface area (Å²) in [6.07, 6.45) is 2.02. The SMILES string of the molecule is CCC(CCBr)CNC(=O)c1cccc(OC)c1O. The van der Waals surface area contributed by atoms with Crippen molar-refractivity contribution in [1.82, 2.24) is 5.32 Å². The Labute approximate surface area is 122 Å². The van der Waals surface area contributed by atoms with Crippen molar-refractivity contribution >= 4 is 21.8 Å². The van der Waals surface area contributed by atoms with Crippen molar-refractivity contribution in [2.24, 2.45) is 5.92 Å². The first-order valence-electron chi connectivity index (χ1n) is 6.34. The lowest BCUT2D eigenvalue weighted by molar-refractivity contribution is 0.0943. The molecule has 0 saturated carbocycles. The Bertz CT molecular complexity index is 423. The van der Waals surface area contributed by atoms with E-state index in [1.54, 1.807) is 18.2 Å². The molecule has 19 heavy (non-hydrogen) atoms. The van der Waals surface area contributed by atoms with Crippen molar-refractivity contribution in [3.63, 3.8) is 0 Å². The third kappa shape index (κ3) is 4.42. The van der Waals surface area contributed by atoms with Crippen LogP contribution in [-0.2, 0) is 0 Å². The Morgan fingerprint density at radius 2 is 2.26 bits per heavy atom. The molecular weight excluding hydrogens is 310 g/mol. The minimum Gasteiger partial charge on any atom is -0.504 e. The Kier molecular flexibility index (Phi) is 6.70. The second kappa shape index (κ2) is 8.04. The highest BCUT2D eigenvalue weighted by Gasteiger charge is 2.15. The Hall–Kier alpha value is -1.23. The quantitative estimate of drug-likeness (QED) is 0.756. The lowest BCUT2D eigenvalue weighted by Gasteiger charge is -2.15. The Morgan fingerprint density at radius 1 is 1.53 bits per heavy atom. The first kappa shape index (κ1) is 15.8. The van der Waals surface area contributed by atoms with Crippen molar-refractivity contribution in [2.45, 2.75) is 19.8 Å². The molecule has 1 amide bonds. The number of halogens is 1. The van der Waals surface area contributed by atoms with Gasteiger partial charge >= 0.3 is 0 Å². The van der Waals surface area contributed by atoms with Gasteiger partial charge in [0.05, 0.1) is 12.7 Å². The normalized spacial score (nSPS) is 11.9. The van der Waals surface area contributed by atoms with Crippen LogP contribution in [0.4, 0.5) is 0 Å². The number of aromatic hydroxyl groups is 1. The minimum atomic E-state index is -0.274. The van der Waals surface area contributed by atoms with Crippen molar-refractivity contribution in [3.8, 4) is 11.5 Å². The summed E-state index contributed by atoms with van der Waals surface area (Å²) >= 11 is 3.40. The molecule has 0 aliphatic heterocycles. The Balaban J connectivity index is 2.68. The van der Waals surface area contributed by atoms with Crippen LogP contribution in [0.15, 0.2) is 18.2 Å². The summed E-state index contributed by atoms with van der Waals surface area (Å²) in [4.78, 5) is 12.0. The van der Waals surface area contributed by atoms with E-state index < -0.39 is 0 Å². The van der Waals surface area contributed by atoms with Gasteiger partial charge in [-0.1, -0.05) is 35.3 Å². The van der Waals surface area contributed by atoms with Gasteiger partial charge in [0.15, 0.2) is 11.5 Å². The predicted molar refractivity (Wildman–Crippen MR) is 79.2 cm³/mol. The molecule has 0 aromatic heterocycles. The Morgan fingerprint density at radius 3 is 2.84 bits per heavy atom. The fourth-order valence-corrected chi connectivity index (χ4v) is 2.45. The van der Waals surface area contributed by atoms with E-state index in [1.807, 2.05) is 0 Å². The molecule has 0 fully saturated rings. The zero-order valence-electron chi connectivity index (χ0n) is 11.3. The molecule has 0 spiro atoms. The number of benzene rings is 1. The molecule has 1 unspecified atom stereocenters. The topological polar surface area (TPSA) is 58.6 Å². The lowest BCUT2D eigenvalue weighted by atomic mass is 10.0. The molecule has 0 saturated heterocycles. The number of hydrogen-bond acceptors (Lipinski definition) is 3. The van der Waals surface area contributed by atoms with Crippen molar-refractivity contribution < 1.29 is 14.6 Å². The van der Waals surface area contributed by atoms with Crippen molar-refractivity contribution in [1.29, 1.82) is 0 Å². The lowest BCUT2D eigenvalue weighted by Crippen LogP contribution is -2.29. The number of phenols is 1. The van der Waals surface area contributed by atoms with E-state index in [0.717, 1.165) is 18.2 Å².